The Labute approximate surface area is 229 Å². The van der Waals surface area contributed by atoms with Gasteiger partial charge in [0.05, 0.1) is 16.8 Å². The van der Waals surface area contributed by atoms with Gasteiger partial charge in [-0.05, 0) is 61.9 Å². The molecule has 4 aromatic rings. The Morgan fingerprint density at radius 1 is 0.949 bits per heavy atom. The fraction of sp³-hybridized carbons (Fsp3) is 0.419. The number of aryl methyl sites for hydroxylation is 3. The van der Waals surface area contributed by atoms with Crippen molar-refractivity contribution in [3.8, 4) is 5.69 Å². The van der Waals surface area contributed by atoms with Gasteiger partial charge in [0.1, 0.15) is 17.5 Å². The van der Waals surface area contributed by atoms with Crippen LogP contribution in [0.3, 0.4) is 0 Å². The first-order valence-electron chi connectivity index (χ1n) is 14.0. The summed E-state index contributed by atoms with van der Waals surface area (Å²) in [7, 11) is 0. The van der Waals surface area contributed by atoms with Crippen molar-refractivity contribution in [2.45, 2.75) is 52.9 Å². The molecule has 1 saturated heterocycles. The smallest absolute Gasteiger partial charge is 0.222 e. The van der Waals surface area contributed by atoms with Gasteiger partial charge in [0, 0.05) is 39.0 Å². The van der Waals surface area contributed by atoms with E-state index < -0.39 is 0 Å². The zero-order valence-corrected chi connectivity index (χ0v) is 23.1. The number of nitrogens with zero attached hydrogens (tertiary/aromatic N) is 6. The summed E-state index contributed by atoms with van der Waals surface area (Å²) in [6.45, 7) is 9.28. The Morgan fingerprint density at radius 3 is 2.46 bits per heavy atom. The summed E-state index contributed by atoms with van der Waals surface area (Å²) < 4.78 is 15.4. The second-order valence-corrected chi connectivity index (χ2v) is 10.8. The molecule has 2 aromatic heterocycles. The summed E-state index contributed by atoms with van der Waals surface area (Å²) in [5.41, 5.74) is 3.52. The highest BCUT2D eigenvalue weighted by molar-refractivity contribution is 5.91. The van der Waals surface area contributed by atoms with Crippen LogP contribution in [0, 0.1) is 18.7 Å². The third-order valence-corrected chi connectivity index (χ3v) is 7.36. The molecule has 0 saturated carbocycles. The second kappa shape index (κ2) is 11.9. The lowest BCUT2D eigenvalue weighted by Crippen LogP contribution is -2.35. The largest absolute Gasteiger partial charge is 0.354 e. The van der Waals surface area contributed by atoms with Crippen LogP contribution in [0.1, 0.15) is 50.2 Å². The summed E-state index contributed by atoms with van der Waals surface area (Å²) in [6.07, 6.45) is 3.90. The third kappa shape index (κ3) is 6.27. The highest BCUT2D eigenvalue weighted by Gasteiger charge is 2.25. The van der Waals surface area contributed by atoms with Crippen molar-refractivity contribution in [1.82, 2.24) is 24.6 Å². The number of halogens is 1. The number of carbonyl (C=O) groups excluding carboxylic acids is 1. The first-order valence-corrected chi connectivity index (χ1v) is 14.0. The molecule has 39 heavy (non-hydrogen) atoms. The summed E-state index contributed by atoms with van der Waals surface area (Å²) in [6, 6.07) is 16.5. The molecule has 1 fully saturated rings. The van der Waals surface area contributed by atoms with E-state index in [2.05, 4.69) is 30.9 Å². The van der Waals surface area contributed by atoms with E-state index in [0.717, 1.165) is 72.8 Å². The molecule has 0 unspecified atom stereocenters. The molecule has 204 valence electrons. The average molecular weight is 529 g/mol. The number of rotatable bonds is 8. The van der Waals surface area contributed by atoms with Gasteiger partial charge in [0.2, 0.25) is 5.91 Å². The van der Waals surface area contributed by atoms with Crippen LogP contribution in [-0.4, -0.2) is 56.7 Å². The SMILES string of the molecule is Cc1nn(-c2ccc(F)cc2)c2nc(CCC(C)C)nc(N3CCCN(C(=O)CCc4ccccc4)CC3)c12. The highest BCUT2D eigenvalue weighted by atomic mass is 19.1. The summed E-state index contributed by atoms with van der Waals surface area (Å²) in [5.74, 6) is 2.11. The van der Waals surface area contributed by atoms with Crippen molar-refractivity contribution in [3.05, 3.63) is 77.5 Å². The van der Waals surface area contributed by atoms with Crippen LogP contribution in [0.4, 0.5) is 10.2 Å². The van der Waals surface area contributed by atoms with E-state index in [9.17, 15) is 9.18 Å². The fourth-order valence-corrected chi connectivity index (χ4v) is 5.16. The summed E-state index contributed by atoms with van der Waals surface area (Å²) >= 11 is 0. The van der Waals surface area contributed by atoms with Crippen LogP contribution < -0.4 is 4.90 Å². The van der Waals surface area contributed by atoms with Gasteiger partial charge in [-0.3, -0.25) is 4.79 Å². The molecule has 1 aliphatic heterocycles. The quantitative estimate of drug-likeness (QED) is 0.301. The van der Waals surface area contributed by atoms with Crippen LogP contribution in [-0.2, 0) is 17.6 Å². The minimum Gasteiger partial charge on any atom is -0.354 e. The van der Waals surface area contributed by atoms with Gasteiger partial charge in [-0.2, -0.15) is 5.10 Å². The molecule has 0 radical (unpaired) electrons. The zero-order chi connectivity index (χ0) is 27.4. The van der Waals surface area contributed by atoms with Crippen molar-refractivity contribution in [2.75, 3.05) is 31.1 Å². The van der Waals surface area contributed by atoms with Crippen molar-refractivity contribution >= 4 is 22.8 Å². The summed E-state index contributed by atoms with van der Waals surface area (Å²) in [4.78, 5) is 27.4. The zero-order valence-electron chi connectivity index (χ0n) is 23.1. The third-order valence-electron chi connectivity index (χ3n) is 7.36. The van der Waals surface area contributed by atoms with E-state index in [4.69, 9.17) is 15.1 Å². The van der Waals surface area contributed by atoms with E-state index in [1.165, 1.54) is 17.7 Å². The number of aromatic nitrogens is 4. The van der Waals surface area contributed by atoms with Gasteiger partial charge in [0.25, 0.3) is 0 Å². The predicted octanol–water partition coefficient (Wildman–Crippen LogP) is 5.52. The summed E-state index contributed by atoms with van der Waals surface area (Å²) in [5, 5.41) is 5.72. The molecule has 3 heterocycles. The molecule has 7 nitrogen and oxygen atoms in total. The molecule has 0 aliphatic carbocycles. The first kappa shape index (κ1) is 26.8. The van der Waals surface area contributed by atoms with Gasteiger partial charge in [0.15, 0.2) is 5.65 Å². The van der Waals surface area contributed by atoms with Gasteiger partial charge < -0.3 is 9.80 Å². The molecule has 0 N–H and O–H groups in total. The molecule has 0 atom stereocenters. The first-order chi connectivity index (χ1) is 18.9. The number of hydrogen-bond donors (Lipinski definition) is 0. The lowest BCUT2D eigenvalue weighted by molar-refractivity contribution is -0.130. The number of hydrogen-bond acceptors (Lipinski definition) is 5. The Bertz CT molecular complexity index is 1420. The number of fused-ring (bicyclic) bond motifs is 1. The van der Waals surface area contributed by atoms with Crippen molar-refractivity contribution < 1.29 is 9.18 Å². The minimum atomic E-state index is -0.285. The molecule has 8 heteroatoms. The maximum absolute atomic E-state index is 13.6. The van der Waals surface area contributed by atoms with E-state index in [-0.39, 0.29) is 11.7 Å². The highest BCUT2D eigenvalue weighted by Crippen LogP contribution is 2.30. The second-order valence-electron chi connectivity index (χ2n) is 10.8. The number of anilines is 1. The van der Waals surface area contributed by atoms with Crippen LogP contribution in [0.25, 0.3) is 16.7 Å². The molecule has 0 bridgehead atoms. The lowest BCUT2D eigenvalue weighted by atomic mass is 10.1. The molecule has 5 rings (SSSR count). The maximum atomic E-state index is 13.6. The molecule has 1 aliphatic rings. The number of carbonyl (C=O) groups is 1. The molecule has 0 spiro atoms. The van der Waals surface area contributed by atoms with Gasteiger partial charge >= 0.3 is 0 Å². The maximum Gasteiger partial charge on any atom is 0.222 e. The van der Waals surface area contributed by atoms with Gasteiger partial charge in [-0.15, -0.1) is 0 Å². The van der Waals surface area contributed by atoms with Crippen LogP contribution >= 0.6 is 0 Å². The number of benzene rings is 2. The Balaban J connectivity index is 1.42. The standard InChI is InChI=1S/C31H37FN6O/c1-22(2)10-16-27-33-30(29-23(3)35-38(31(29)34-27)26-14-12-25(32)13-15-26)37-19-7-18-36(20-21-37)28(39)17-11-24-8-5-4-6-9-24/h4-6,8-9,12-15,22H,7,10-11,16-21H2,1-3H3. The Hall–Kier alpha value is -3.81. The Morgan fingerprint density at radius 2 is 1.72 bits per heavy atom. The van der Waals surface area contributed by atoms with Crippen LogP contribution in [0.15, 0.2) is 54.6 Å². The predicted molar refractivity (Wildman–Crippen MR) is 153 cm³/mol. The number of amides is 1. The molecular formula is C31H37FN6O. The average Bonchev–Trinajstić information content (AvgIpc) is 3.10. The monoisotopic (exact) mass is 528 g/mol. The molecule has 1 amide bonds. The fourth-order valence-electron chi connectivity index (χ4n) is 5.16. The van der Waals surface area contributed by atoms with E-state index in [1.54, 1.807) is 16.8 Å². The van der Waals surface area contributed by atoms with E-state index in [0.29, 0.717) is 25.4 Å². The van der Waals surface area contributed by atoms with Gasteiger partial charge in [-0.25, -0.2) is 19.0 Å². The van der Waals surface area contributed by atoms with E-state index >= 15 is 0 Å². The van der Waals surface area contributed by atoms with Crippen LogP contribution in [0.5, 0.6) is 0 Å². The topological polar surface area (TPSA) is 67.2 Å². The lowest BCUT2D eigenvalue weighted by Gasteiger charge is -2.24. The Kier molecular flexibility index (Phi) is 8.19. The van der Waals surface area contributed by atoms with Crippen LogP contribution in [0.2, 0.25) is 0 Å². The van der Waals surface area contributed by atoms with Crippen molar-refractivity contribution in [2.24, 2.45) is 5.92 Å². The normalized spacial score (nSPS) is 14.3. The molecule has 2 aromatic carbocycles. The van der Waals surface area contributed by atoms with E-state index in [1.807, 2.05) is 30.0 Å². The van der Waals surface area contributed by atoms with Gasteiger partial charge in [-0.1, -0.05) is 44.2 Å². The minimum absolute atomic E-state index is 0.200. The van der Waals surface area contributed by atoms with Crippen molar-refractivity contribution in [1.29, 1.82) is 0 Å². The molecular weight excluding hydrogens is 491 g/mol. The van der Waals surface area contributed by atoms with Crippen molar-refractivity contribution in [3.63, 3.8) is 0 Å².